The first-order valence-corrected chi connectivity index (χ1v) is 5.68. The van der Waals surface area contributed by atoms with E-state index in [0.29, 0.717) is 0 Å². The molecule has 0 atom stereocenters. The molecule has 4 heteroatoms. The summed E-state index contributed by atoms with van der Waals surface area (Å²) in [4.78, 5) is 6.85. The normalized spacial score (nSPS) is 18.0. The third-order valence-corrected chi connectivity index (χ3v) is 2.98. The Morgan fingerprint density at radius 2 is 2.13 bits per heavy atom. The predicted molar refractivity (Wildman–Crippen MR) is 62.1 cm³/mol. The van der Waals surface area contributed by atoms with Crippen LogP contribution in [0.3, 0.4) is 0 Å². The van der Waals surface area contributed by atoms with Gasteiger partial charge in [-0.2, -0.15) is 0 Å². The highest BCUT2D eigenvalue weighted by atomic mass is 35.5. The summed E-state index contributed by atoms with van der Waals surface area (Å²) in [5.41, 5.74) is 2.03. The van der Waals surface area contributed by atoms with E-state index in [1.54, 1.807) is 0 Å². The lowest BCUT2D eigenvalue weighted by Gasteiger charge is -2.27. The number of rotatable bonds is 2. The van der Waals surface area contributed by atoms with Crippen molar-refractivity contribution in [3.63, 3.8) is 0 Å². The van der Waals surface area contributed by atoms with Crippen LogP contribution in [0.5, 0.6) is 0 Å². The van der Waals surface area contributed by atoms with E-state index in [0.717, 1.165) is 49.1 Å². The molecule has 0 saturated carbocycles. The SMILES string of the molecule is Cc1ccc(Cl)c(CN2CCNCC2)n1. The first kappa shape index (κ1) is 10.9. The molecular weight excluding hydrogens is 210 g/mol. The molecule has 2 rings (SSSR count). The number of aromatic nitrogens is 1. The van der Waals surface area contributed by atoms with Gasteiger partial charge in [-0.05, 0) is 19.1 Å². The summed E-state index contributed by atoms with van der Waals surface area (Å²) in [5.74, 6) is 0. The van der Waals surface area contributed by atoms with Crippen molar-refractivity contribution in [1.29, 1.82) is 0 Å². The molecule has 1 N–H and O–H groups in total. The predicted octanol–water partition coefficient (Wildman–Crippen LogP) is 1.45. The van der Waals surface area contributed by atoms with Gasteiger partial charge >= 0.3 is 0 Å². The van der Waals surface area contributed by atoms with Crippen LogP contribution in [0.4, 0.5) is 0 Å². The second-order valence-corrected chi connectivity index (χ2v) is 4.31. The van der Waals surface area contributed by atoms with E-state index in [4.69, 9.17) is 11.6 Å². The van der Waals surface area contributed by atoms with E-state index in [1.165, 1.54) is 0 Å². The van der Waals surface area contributed by atoms with Gasteiger partial charge in [0.1, 0.15) is 0 Å². The van der Waals surface area contributed by atoms with Crippen LogP contribution in [-0.4, -0.2) is 36.1 Å². The number of halogens is 1. The highest BCUT2D eigenvalue weighted by Gasteiger charge is 2.12. The molecule has 0 bridgehead atoms. The minimum absolute atomic E-state index is 0.777. The Hall–Kier alpha value is -0.640. The number of piperazine rings is 1. The van der Waals surface area contributed by atoms with Crippen LogP contribution in [0.1, 0.15) is 11.4 Å². The first-order valence-electron chi connectivity index (χ1n) is 5.31. The number of hydrogen-bond acceptors (Lipinski definition) is 3. The summed E-state index contributed by atoms with van der Waals surface area (Å²) in [6, 6.07) is 3.88. The maximum atomic E-state index is 6.11. The van der Waals surface area contributed by atoms with Crippen LogP contribution in [0, 0.1) is 6.92 Å². The summed E-state index contributed by atoms with van der Waals surface area (Å²) in [6.45, 7) is 7.13. The van der Waals surface area contributed by atoms with E-state index in [1.807, 2.05) is 19.1 Å². The Balaban J connectivity index is 2.05. The van der Waals surface area contributed by atoms with Gasteiger partial charge in [0.05, 0.1) is 10.7 Å². The molecule has 1 saturated heterocycles. The van der Waals surface area contributed by atoms with Gasteiger partial charge in [0.25, 0.3) is 0 Å². The van der Waals surface area contributed by atoms with Gasteiger partial charge < -0.3 is 5.32 Å². The number of nitrogens with one attached hydrogen (secondary N) is 1. The van der Waals surface area contributed by atoms with E-state index >= 15 is 0 Å². The van der Waals surface area contributed by atoms with Gasteiger partial charge in [0, 0.05) is 38.4 Å². The van der Waals surface area contributed by atoms with Crippen molar-refractivity contribution in [2.75, 3.05) is 26.2 Å². The minimum Gasteiger partial charge on any atom is -0.314 e. The first-order chi connectivity index (χ1) is 7.25. The van der Waals surface area contributed by atoms with Crippen LogP contribution in [0.25, 0.3) is 0 Å². The monoisotopic (exact) mass is 225 g/mol. The molecule has 1 aromatic rings. The fraction of sp³-hybridized carbons (Fsp3) is 0.545. The zero-order valence-electron chi connectivity index (χ0n) is 8.96. The van der Waals surface area contributed by atoms with Gasteiger partial charge in [-0.1, -0.05) is 11.6 Å². The molecule has 0 aliphatic carbocycles. The smallest absolute Gasteiger partial charge is 0.0732 e. The average molecular weight is 226 g/mol. The fourth-order valence-corrected chi connectivity index (χ4v) is 1.95. The molecule has 0 aromatic carbocycles. The zero-order chi connectivity index (χ0) is 10.7. The maximum absolute atomic E-state index is 6.11. The second kappa shape index (κ2) is 4.92. The van der Waals surface area contributed by atoms with Crippen molar-refractivity contribution in [3.8, 4) is 0 Å². The van der Waals surface area contributed by atoms with Crippen molar-refractivity contribution in [1.82, 2.24) is 15.2 Å². The lowest BCUT2D eigenvalue weighted by molar-refractivity contribution is 0.230. The molecule has 1 aliphatic rings. The van der Waals surface area contributed by atoms with Crippen LogP contribution in [-0.2, 0) is 6.54 Å². The minimum atomic E-state index is 0.777. The highest BCUT2D eigenvalue weighted by Crippen LogP contribution is 2.16. The molecule has 15 heavy (non-hydrogen) atoms. The van der Waals surface area contributed by atoms with Crippen molar-refractivity contribution >= 4 is 11.6 Å². The Labute approximate surface area is 95.4 Å². The lowest BCUT2D eigenvalue weighted by atomic mass is 10.2. The molecule has 2 heterocycles. The number of aryl methyl sites for hydroxylation is 1. The van der Waals surface area contributed by atoms with Crippen LogP contribution < -0.4 is 5.32 Å². The molecule has 0 radical (unpaired) electrons. The highest BCUT2D eigenvalue weighted by molar-refractivity contribution is 6.31. The molecule has 1 aromatic heterocycles. The second-order valence-electron chi connectivity index (χ2n) is 3.91. The van der Waals surface area contributed by atoms with Gasteiger partial charge in [0.2, 0.25) is 0 Å². The Morgan fingerprint density at radius 3 is 2.87 bits per heavy atom. The zero-order valence-corrected chi connectivity index (χ0v) is 9.72. The van der Waals surface area contributed by atoms with E-state index in [2.05, 4.69) is 15.2 Å². The number of pyridine rings is 1. The third-order valence-electron chi connectivity index (χ3n) is 2.64. The van der Waals surface area contributed by atoms with Gasteiger partial charge in [-0.15, -0.1) is 0 Å². The Kier molecular flexibility index (Phi) is 3.57. The van der Waals surface area contributed by atoms with Crippen LogP contribution in [0.15, 0.2) is 12.1 Å². The van der Waals surface area contributed by atoms with Crippen LogP contribution in [0.2, 0.25) is 5.02 Å². The quantitative estimate of drug-likeness (QED) is 0.826. The van der Waals surface area contributed by atoms with Crippen molar-refractivity contribution in [2.45, 2.75) is 13.5 Å². The fourth-order valence-electron chi connectivity index (χ4n) is 1.79. The van der Waals surface area contributed by atoms with E-state index < -0.39 is 0 Å². The summed E-state index contributed by atoms with van der Waals surface area (Å²) >= 11 is 6.11. The standard InChI is InChI=1S/C11H16ClN3/c1-9-2-3-10(12)11(14-9)8-15-6-4-13-5-7-15/h2-3,13H,4-8H2,1H3. The largest absolute Gasteiger partial charge is 0.314 e. The molecule has 0 amide bonds. The Morgan fingerprint density at radius 1 is 1.40 bits per heavy atom. The third kappa shape index (κ3) is 2.91. The van der Waals surface area contributed by atoms with Gasteiger partial charge in [0.15, 0.2) is 0 Å². The number of nitrogens with zero attached hydrogens (tertiary/aromatic N) is 2. The van der Waals surface area contributed by atoms with Crippen molar-refractivity contribution < 1.29 is 0 Å². The molecule has 0 spiro atoms. The van der Waals surface area contributed by atoms with Gasteiger partial charge in [-0.25, -0.2) is 0 Å². The van der Waals surface area contributed by atoms with Gasteiger partial charge in [-0.3, -0.25) is 9.88 Å². The van der Waals surface area contributed by atoms with Crippen molar-refractivity contribution in [3.05, 3.63) is 28.5 Å². The number of hydrogen-bond donors (Lipinski definition) is 1. The van der Waals surface area contributed by atoms with E-state index in [9.17, 15) is 0 Å². The topological polar surface area (TPSA) is 28.2 Å². The summed E-state index contributed by atoms with van der Waals surface area (Å²) in [5, 5.41) is 4.11. The molecular formula is C11H16ClN3. The summed E-state index contributed by atoms with van der Waals surface area (Å²) < 4.78 is 0. The lowest BCUT2D eigenvalue weighted by Crippen LogP contribution is -2.43. The molecule has 1 aliphatic heterocycles. The Bertz CT molecular complexity index is 335. The molecule has 1 fully saturated rings. The molecule has 0 unspecified atom stereocenters. The van der Waals surface area contributed by atoms with Crippen LogP contribution >= 0.6 is 11.6 Å². The summed E-state index contributed by atoms with van der Waals surface area (Å²) in [7, 11) is 0. The average Bonchev–Trinajstić information content (AvgIpc) is 2.25. The van der Waals surface area contributed by atoms with E-state index in [-0.39, 0.29) is 0 Å². The molecule has 82 valence electrons. The van der Waals surface area contributed by atoms with Crippen molar-refractivity contribution in [2.24, 2.45) is 0 Å². The summed E-state index contributed by atoms with van der Waals surface area (Å²) in [6.07, 6.45) is 0. The molecule has 3 nitrogen and oxygen atoms in total. The maximum Gasteiger partial charge on any atom is 0.0732 e.